The van der Waals surface area contributed by atoms with Gasteiger partial charge in [0, 0.05) is 12.0 Å². The number of aromatic nitrogens is 3. The molecule has 0 spiro atoms. The zero-order valence-electron chi connectivity index (χ0n) is 7.86. The molecule has 1 aromatic heterocycles. The second-order valence-corrected chi connectivity index (χ2v) is 3.75. The third-order valence-electron chi connectivity index (χ3n) is 2.29. The average Bonchev–Trinajstić information content (AvgIpc) is 2.84. The summed E-state index contributed by atoms with van der Waals surface area (Å²) < 4.78 is 1.87. The van der Waals surface area contributed by atoms with E-state index < -0.39 is 0 Å². The first-order chi connectivity index (χ1) is 6.24. The molecule has 1 aromatic rings. The Balaban J connectivity index is 2.46. The Kier molecular flexibility index (Phi) is 1.80. The van der Waals surface area contributed by atoms with Crippen LogP contribution in [0.5, 0.6) is 0 Å². The molecular weight excluding hydrogens is 164 g/mol. The van der Waals surface area contributed by atoms with Crippen LogP contribution in [-0.2, 0) is 0 Å². The number of hydrogen-bond donors (Lipinski definition) is 0. The van der Waals surface area contributed by atoms with Crippen molar-refractivity contribution in [1.82, 2.24) is 15.0 Å². The van der Waals surface area contributed by atoms with Gasteiger partial charge in [-0.1, -0.05) is 5.21 Å². The minimum atomic E-state index is 0.296. The first-order valence-corrected chi connectivity index (χ1v) is 4.59. The third kappa shape index (κ3) is 1.31. The van der Waals surface area contributed by atoms with Crippen LogP contribution in [0.2, 0.25) is 0 Å². The maximum absolute atomic E-state index is 8.82. The summed E-state index contributed by atoms with van der Waals surface area (Å²) in [6.45, 7) is 4.11. The highest BCUT2D eigenvalue weighted by Crippen LogP contribution is 2.41. The van der Waals surface area contributed by atoms with Gasteiger partial charge in [0.05, 0.1) is 5.69 Å². The van der Waals surface area contributed by atoms with Crippen molar-refractivity contribution in [3.63, 3.8) is 0 Å². The van der Waals surface area contributed by atoms with E-state index >= 15 is 0 Å². The summed E-state index contributed by atoms with van der Waals surface area (Å²) in [4.78, 5) is 0. The van der Waals surface area contributed by atoms with Crippen molar-refractivity contribution in [2.24, 2.45) is 0 Å². The molecule has 0 saturated heterocycles. The standard InChI is InChI=1S/C9H12N4/c1-6(2)13-9(7-3-4-7)8(5-10)11-12-13/h6-7H,3-4H2,1-2H3. The van der Waals surface area contributed by atoms with E-state index in [0.717, 1.165) is 5.69 Å². The topological polar surface area (TPSA) is 54.5 Å². The minimum absolute atomic E-state index is 0.296. The normalized spacial score (nSPS) is 16.2. The van der Waals surface area contributed by atoms with Crippen molar-refractivity contribution in [1.29, 1.82) is 5.26 Å². The second-order valence-electron chi connectivity index (χ2n) is 3.75. The van der Waals surface area contributed by atoms with Crippen LogP contribution in [-0.4, -0.2) is 15.0 Å². The molecule has 13 heavy (non-hydrogen) atoms. The van der Waals surface area contributed by atoms with E-state index in [1.165, 1.54) is 12.8 Å². The highest BCUT2D eigenvalue weighted by Gasteiger charge is 2.31. The van der Waals surface area contributed by atoms with Gasteiger partial charge in [-0.25, -0.2) is 4.68 Å². The Bertz CT molecular complexity index is 354. The summed E-state index contributed by atoms with van der Waals surface area (Å²) in [5.74, 6) is 0.534. The van der Waals surface area contributed by atoms with Crippen molar-refractivity contribution in [2.75, 3.05) is 0 Å². The van der Waals surface area contributed by atoms with Gasteiger partial charge in [-0.05, 0) is 26.7 Å². The first kappa shape index (κ1) is 8.24. The fraction of sp³-hybridized carbons (Fsp3) is 0.667. The lowest BCUT2D eigenvalue weighted by atomic mass is 10.2. The van der Waals surface area contributed by atoms with Crippen LogP contribution in [0.25, 0.3) is 0 Å². The van der Waals surface area contributed by atoms with Crippen LogP contribution in [0.15, 0.2) is 0 Å². The highest BCUT2D eigenvalue weighted by atomic mass is 15.4. The van der Waals surface area contributed by atoms with E-state index in [1.807, 2.05) is 4.68 Å². The fourth-order valence-corrected chi connectivity index (χ4v) is 1.50. The van der Waals surface area contributed by atoms with Crippen molar-refractivity contribution in [3.8, 4) is 6.07 Å². The lowest BCUT2D eigenvalue weighted by Crippen LogP contribution is -2.07. The molecule has 0 aromatic carbocycles. The quantitative estimate of drug-likeness (QED) is 0.687. The molecule has 1 aliphatic carbocycles. The van der Waals surface area contributed by atoms with E-state index in [0.29, 0.717) is 17.7 Å². The van der Waals surface area contributed by atoms with Crippen LogP contribution < -0.4 is 0 Å². The molecule has 0 aliphatic heterocycles. The van der Waals surface area contributed by atoms with Gasteiger partial charge in [0.1, 0.15) is 6.07 Å². The van der Waals surface area contributed by atoms with Gasteiger partial charge in [-0.15, -0.1) is 5.10 Å². The molecule has 0 atom stereocenters. The van der Waals surface area contributed by atoms with Crippen molar-refractivity contribution in [3.05, 3.63) is 11.4 Å². The van der Waals surface area contributed by atoms with E-state index in [9.17, 15) is 0 Å². The third-order valence-corrected chi connectivity index (χ3v) is 2.29. The van der Waals surface area contributed by atoms with Gasteiger partial charge in [-0.2, -0.15) is 5.26 Å². The van der Waals surface area contributed by atoms with Gasteiger partial charge >= 0.3 is 0 Å². The molecular formula is C9H12N4. The lowest BCUT2D eigenvalue weighted by Gasteiger charge is -2.07. The zero-order valence-corrected chi connectivity index (χ0v) is 7.86. The van der Waals surface area contributed by atoms with Crippen LogP contribution >= 0.6 is 0 Å². The summed E-state index contributed by atoms with van der Waals surface area (Å²) in [6, 6.07) is 2.39. The Labute approximate surface area is 77.2 Å². The van der Waals surface area contributed by atoms with Crippen LogP contribution in [0.1, 0.15) is 50.0 Å². The number of nitrogens with zero attached hydrogens (tertiary/aromatic N) is 4. The summed E-state index contributed by atoms with van der Waals surface area (Å²) >= 11 is 0. The molecule has 1 heterocycles. The molecule has 4 nitrogen and oxygen atoms in total. The molecule has 0 amide bonds. The molecule has 0 bridgehead atoms. The minimum Gasteiger partial charge on any atom is -0.245 e. The SMILES string of the molecule is CC(C)n1nnc(C#N)c1C1CC1. The Morgan fingerprint density at radius 1 is 1.54 bits per heavy atom. The van der Waals surface area contributed by atoms with Gasteiger partial charge < -0.3 is 0 Å². The largest absolute Gasteiger partial charge is 0.245 e. The molecule has 68 valence electrons. The number of hydrogen-bond acceptors (Lipinski definition) is 3. The summed E-state index contributed by atoms with van der Waals surface area (Å²) in [5.41, 5.74) is 1.55. The number of rotatable bonds is 2. The van der Waals surface area contributed by atoms with Gasteiger partial charge in [-0.3, -0.25) is 0 Å². The molecule has 4 heteroatoms. The Morgan fingerprint density at radius 2 is 2.23 bits per heavy atom. The van der Waals surface area contributed by atoms with Gasteiger partial charge in [0.2, 0.25) is 0 Å². The second kappa shape index (κ2) is 2.84. The van der Waals surface area contributed by atoms with Crippen molar-refractivity contribution in [2.45, 2.75) is 38.6 Å². The lowest BCUT2D eigenvalue weighted by molar-refractivity contribution is 0.494. The molecule has 0 radical (unpaired) electrons. The molecule has 1 saturated carbocycles. The molecule has 0 unspecified atom stereocenters. The molecule has 1 aliphatic rings. The maximum Gasteiger partial charge on any atom is 0.186 e. The van der Waals surface area contributed by atoms with Crippen LogP contribution in [0.4, 0.5) is 0 Å². The first-order valence-electron chi connectivity index (χ1n) is 4.59. The zero-order chi connectivity index (χ0) is 9.42. The van der Waals surface area contributed by atoms with E-state index in [-0.39, 0.29) is 0 Å². The van der Waals surface area contributed by atoms with Crippen LogP contribution in [0.3, 0.4) is 0 Å². The molecule has 0 N–H and O–H groups in total. The molecule has 2 rings (SSSR count). The molecule has 1 fully saturated rings. The van der Waals surface area contributed by atoms with E-state index in [2.05, 4.69) is 30.2 Å². The number of nitriles is 1. The average molecular weight is 176 g/mol. The predicted octanol–water partition coefficient (Wildman–Crippen LogP) is 1.61. The maximum atomic E-state index is 8.82. The Hall–Kier alpha value is -1.37. The van der Waals surface area contributed by atoms with Gasteiger partial charge in [0.25, 0.3) is 0 Å². The van der Waals surface area contributed by atoms with Gasteiger partial charge in [0.15, 0.2) is 5.69 Å². The summed E-state index contributed by atoms with van der Waals surface area (Å²) in [7, 11) is 0. The van der Waals surface area contributed by atoms with Crippen molar-refractivity contribution >= 4 is 0 Å². The summed E-state index contributed by atoms with van der Waals surface area (Å²) in [6.07, 6.45) is 2.35. The van der Waals surface area contributed by atoms with Crippen molar-refractivity contribution < 1.29 is 0 Å². The monoisotopic (exact) mass is 176 g/mol. The van der Waals surface area contributed by atoms with Crippen LogP contribution in [0, 0.1) is 11.3 Å². The summed E-state index contributed by atoms with van der Waals surface area (Å²) in [5, 5.41) is 16.7. The fourth-order valence-electron chi connectivity index (χ4n) is 1.50. The smallest absolute Gasteiger partial charge is 0.186 e. The highest BCUT2D eigenvalue weighted by molar-refractivity contribution is 5.30. The van der Waals surface area contributed by atoms with E-state index in [1.54, 1.807) is 0 Å². The van der Waals surface area contributed by atoms with E-state index in [4.69, 9.17) is 5.26 Å². The predicted molar refractivity (Wildman–Crippen MR) is 47.1 cm³/mol. The Morgan fingerprint density at radius 3 is 2.69 bits per heavy atom.